The van der Waals surface area contributed by atoms with Crippen molar-refractivity contribution < 1.29 is 8.42 Å². The number of nitrogens with zero attached hydrogens (tertiary/aromatic N) is 1. The molecule has 0 radical (unpaired) electrons. The van der Waals surface area contributed by atoms with Gasteiger partial charge in [0.2, 0.25) is 0 Å². The third kappa shape index (κ3) is 2.74. The lowest BCUT2D eigenvalue weighted by Crippen LogP contribution is -2.13. The van der Waals surface area contributed by atoms with E-state index in [2.05, 4.69) is 27.4 Å². The van der Waals surface area contributed by atoms with Gasteiger partial charge in [0.25, 0.3) is 10.0 Å². The number of aryl methyl sites for hydroxylation is 1. The van der Waals surface area contributed by atoms with Crippen LogP contribution in [0, 0.1) is 6.92 Å². The van der Waals surface area contributed by atoms with E-state index in [1.807, 2.05) is 18.2 Å². The Labute approximate surface area is 167 Å². The topological polar surface area (TPSA) is 39.1 Å². The van der Waals surface area contributed by atoms with Gasteiger partial charge in [0, 0.05) is 11.6 Å². The molecular weight excluding hydrogens is 366 g/mol. The molecule has 0 spiro atoms. The second-order valence-corrected chi connectivity index (χ2v) is 9.80. The number of rotatable bonds is 5. The molecule has 2 aromatic carbocycles. The van der Waals surface area contributed by atoms with E-state index >= 15 is 0 Å². The molecule has 4 rings (SSSR count). The maximum absolute atomic E-state index is 13.5. The summed E-state index contributed by atoms with van der Waals surface area (Å²) in [5.74, 6) is 0.791. The van der Waals surface area contributed by atoms with E-state index in [4.69, 9.17) is 0 Å². The highest BCUT2D eigenvalue weighted by Gasteiger charge is 2.33. The molecule has 2 atom stereocenters. The number of allylic oxidation sites excluding steroid dienone is 1. The van der Waals surface area contributed by atoms with Crippen molar-refractivity contribution in [3.05, 3.63) is 77.5 Å². The molecule has 1 heterocycles. The molecule has 1 aliphatic rings. The third-order valence-electron chi connectivity index (χ3n) is 6.17. The number of aromatic nitrogens is 1. The van der Waals surface area contributed by atoms with Crippen LogP contribution in [0.2, 0.25) is 0 Å². The molecule has 3 aromatic rings. The summed E-state index contributed by atoms with van der Waals surface area (Å²) < 4.78 is 28.4. The van der Waals surface area contributed by atoms with Gasteiger partial charge >= 0.3 is 0 Å². The minimum atomic E-state index is -3.64. The third-order valence-corrected chi connectivity index (χ3v) is 7.86. The van der Waals surface area contributed by atoms with Crippen molar-refractivity contribution in [1.29, 1.82) is 0 Å². The van der Waals surface area contributed by atoms with Crippen LogP contribution in [-0.2, 0) is 16.4 Å². The molecular formula is C24H27NO2S. The summed E-state index contributed by atoms with van der Waals surface area (Å²) in [7, 11) is -3.64. The highest BCUT2D eigenvalue weighted by Crippen LogP contribution is 2.48. The first-order chi connectivity index (χ1) is 13.4. The molecule has 4 heteroatoms. The van der Waals surface area contributed by atoms with Gasteiger partial charge in [-0.2, -0.15) is 0 Å². The smallest absolute Gasteiger partial charge is 0.241 e. The molecule has 28 heavy (non-hydrogen) atoms. The molecule has 0 N–H and O–H groups in total. The van der Waals surface area contributed by atoms with Gasteiger partial charge in [0.1, 0.15) is 0 Å². The van der Waals surface area contributed by atoms with Crippen LogP contribution >= 0.6 is 0 Å². The van der Waals surface area contributed by atoms with E-state index in [0.29, 0.717) is 16.7 Å². The highest BCUT2D eigenvalue weighted by atomic mass is 32.2. The molecule has 146 valence electrons. The average molecular weight is 394 g/mol. The quantitative estimate of drug-likeness (QED) is 0.505. The van der Waals surface area contributed by atoms with Gasteiger partial charge in [-0.25, -0.2) is 12.4 Å². The van der Waals surface area contributed by atoms with Crippen LogP contribution in [0.25, 0.3) is 10.9 Å². The number of hydrogen-bond acceptors (Lipinski definition) is 2. The molecule has 1 aromatic heterocycles. The zero-order chi connectivity index (χ0) is 20.1. The summed E-state index contributed by atoms with van der Waals surface area (Å²) >= 11 is 0. The van der Waals surface area contributed by atoms with Crippen LogP contribution in [-0.4, -0.2) is 12.4 Å². The van der Waals surface area contributed by atoms with Crippen LogP contribution < -0.4 is 0 Å². The Kier molecular flexibility index (Phi) is 4.70. The molecule has 0 fully saturated rings. The van der Waals surface area contributed by atoms with Crippen LogP contribution in [0.1, 0.15) is 60.8 Å². The summed E-state index contributed by atoms with van der Waals surface area (Å²) in [6.07, 6.45) is 6.50. The first-order valence-electron chi connectivity index (χ1n) is 9.95. The molecule has 1 aliphatic carbocycles. The van der Waals surface area contributed by atoms with Crippen molar-refractivity contribution in [3.63, 3.8) is 0 Å². The van der Waals surface area contributed by atoms with Crippen molar-refractivity contribution in [1.82, 2.24) is 3.97 Å². The molecule has 0 saturated carbocycles. The van der Waals surface area contributed by atoms with Crippen LogP contribution in [0.5, 0.6) is 0 Å². The van der Waals surface area contributed by atoms with E-state index in [1.165, 1.54) is 26.2 Å². The Balaban J connectivity index is 2.08. The summed E-state index contributed by atoms with van der Waals surface area (Å²) in [5, 5.41) is 1.07. The zero-order valence-corrected chi connectivity index (χ0v) is 17.6. The Morgan fingerprint density at radius 2 is 1.79 bits per heavy atom. The summed E-state index contributed by atoms with van der Waals surface area (Å²) in [6, 6.07) is 10.7. The number of fused-ring (bicyclic) bond motifs is 3. The number of benzene rings is 2. The standard InChI is InChI=1S/C24H27NO2S/c1-5-6-12-20-18(4)22-16(2)15-17(3)23(22)24-21(20)13-14-25(24)28(26,27)19-10-8-7-9-11-19/h5,7-11,13-14,16-17H,1,6,12,15H2,2-4H3/t16-,17+/m1/s1. The summed E-state index contributed by atoms with van der Waals surface area (Å²) in [4.78, 5) is 0.327. The zero-order valence-electron chi connectivity index (χ0n) is 16.8. The van der Waals surface area contributed by atoms with E-state index in [-0.39, 0.29) is 0 Å². The second-order valence-electron chi connectivity index (χ2n) is 7.99. The van der Waals surface area contributed by atoms with E-state index in [0.717, 1.165) is 30.2 Å². The lowest BCUT2D eigenvalue weighted by atomic mass is 9.88. The van der Waals surface area contributed by atoms with Gasteiger partial charge in [0.05, 0.1) is 10.4 Å². The lowest BCUT2D eigenvalue weighted by molar-refractivity contribution is 0.589. The van der Waals surface area contributed by atoms with Gasteiger partial charge in [-0.3, -0.25) is 0 Å². The van der Waals surface area contributed by atoms with Gasteiger partial charge in [0.15, 0.2) is 0 Å². The fraction of sp³-hybridized carbons (Fsp3) is 0.333. The molecule has 0 amide bonds. The summed E-state index contributed by atoms with van der Waals surface area (Å²) in [6.45, 7) is 10.6. The minimum Gasteiger partial charge on any atom is -0.241 e. The van der Waals surface area contributed by atoms with Crippen LogP contribution in [0.15, 0.2) is 60.1 Å². The maximum atomic E-state index is 13.5. The second kappa shape index (κ2) is 6.93. The first kappa shape index (κ1) is 19.0. The van der Waals surface area contributed by atoms with Crippen molar-refractivity contribution in [2.45, 2.75) is 56.8 Å². The van der Waals surface area contributed by atoms with Crippen LogP contribution in [0.3, 0.4) is 0 Å². The van der Waals surface area contributed by atoms with Gasteiger partial charge in [-0.1, -0.05) is 38.1 Å². The SMILES string of the molecule is C=CCCc1c(C)c2c(c3c1ccn3S(=O)(=O)c1ccccc1)[C@@H](C)C[C@H]2C. The Bertz CT molecular complexity index is 1160. The van der Waals surface area contributed by atoms with Crippen LogP contribution in [0.4, 0.5) is 0 Å². The highest BCUT2D eigenvalue weighted by molar-refractivity contribution is 7.90. The largest absolute Gasteiger partial charge is 0.268 e. The van der Waals surface area contributed by atoms with E-state index in [1.54, 1.807) is 30.5 Å². The Hall–Kier alpha value is -2.33. The molecule has 3 nitrogen and oxygen atoms in total. The van der Waals surface area contributed by atoms with Gasteiger partial charge in [-0.05, 0) is 78.5 Å². The molecule has 0 unspecified atom stereocenters. The Morgan fingerprint density at radius 1 is 1.11 bits per heavy atom. The lowest BCUT2D eigenvalue weighted by Gasteiger charge is -2.19. The fourth-order valence-corrected chi connectivity index (χ4v) is 6.38. The first-order valence-corrected chi connectivity index (χ1v) is 11.4. The van der Waals surface area contributed by atoms with Gasteiger partial charge in [-0.15, -0.1) is 6.58 Å². The molecule has 0 aliphatic heterocycles. The van der Waals surface area contributed by atoms with Gasteiger partial charge < -0.3 is 0 Å². The predicted molar refractivity (Wildman–Crippen MR) is 116 cm³/mol. The van der Waals surface area contributed by atoms with E-state index in [9.17, 15) is 8.42 Å². The molecule has 0 saturated heterocycles. The van der Waals surface area contributed by atoms with Crippen molar-refractivity contribution in [2.24, 2.45) is 0 Å². The fourth-order valence-electron chi connectivity index (χ4n) is 4.99. The monoisotopic (exact) mass is 393 g/mol. The molecule has 0 bridgehead atoms. The normalized spacial score (nSPS) is 19.1. The minimum absolute atomic E-state index is 0.327. The van der Waals surface area contributed by atoms with Crippen molar-refractivity contribution in [3.8, 4) is 0 Å². The maximum Gasteiger partial charge on any atom is 0.268 e. The number of hydrogen-bond donors (Lipinski definition) is 0. The van der Waals surface area contributed by atoms with Crippen molar-refractivity contribution >= 4 is 20.9 Å². The van der Waals surface area contributed by atoms with Crippen molar-refractivity contribution in [2.75, 3.05) is 0 Å². The Morgan fingerprint density at radius 3 is 2.46 bits per heavy atom. The summed E-state index contributed by atoms with van der Waals surface area (Å²) in [5.41, 5.74) is 6.03. The average Bonchev–Trinajstić information content (AvgIpc) is 3.24. The predicted octanol–water partition coefficient (Wildman–Crippen LogP) is 5.92. The van der Waals surface area contributed by atoms with E-state index < -0.39 is 10.0 Å².